The largest absolute Gasteiger partial charge is 0.465 e. The molecular formula is C26H28N6O5. The van der Waals surface area contributed by atoms with Crippen molar-refractivity contribution in [3.63, 3.8) is 0 Å². The highest BCUT2D eigenvalue weighted by Gasteiger charge is 2.34. The number of pyridine rings is 1. The number of rotatable bonds is 7. The van der Waals surface area contributed by atoms with Crippen molar-refractivity contribution in [1.29, 1.82) is 0 Å². The zero-order valence-electron chi connectivity index (χ0n) is 20.5. The Kier molecular flexibility index (Phi) is 5.99. The number of amides is 2. The minimum atomic E-state index is -0.484. The second kappa shape index (κ2) is 9.47. The maximum Gasteiger partial charge on any atom is 0.415 e. The maximum atomic E-state index is 12.4. The molecule has 0 saturated carbocycles. The Balaban J connectivity index is 1.03. The van der Waals surface area contributed by atoms with Crippen molar-refractivity contribution in [1.82, 2.24) is 19.9 Å². The number of nitrogens with zero attached hydrogens (tertiary/aromatic N) is 4. The molecule has 2 aromatic heterocycles. The summed E-state index contributed by atoms with van der Waals surface area (Å²) in [6.07, 6.45) is 5.16. The highest BCUT2D eigenvalue weighted by molar-refractivity contribution is 5.94. The molecule has 2 unspecified atom stereocenters. The van der Waals surface area contributed by atoms with Gasteiger partial charge in [-0.2, -0.15) is 0 Å². The van der Waals surface area contributed by atoms with Crippen molar-refractivity contribution in [2.24, 2.45) is 5.92 Å². The van der Waals surface area contributed by atoms with E-state index in [0.29, 0.717) is 31.2 Å². The van der Waals surface area contributed by atoms with Gasteiger partial charge in [0.15, 0.2) is 23.7 Å². The first kappa shape index (κ1) is 23.4. The van der Waals surface area contributed by atoms with Crippen LogP contribution in [0.5, 0.6) is 5.88 Å². The summed E-state index contributed by atoms with van der Waals surface area (Å²) in [7, 11) is 0. The van der Waals surface area contributed by atoms with Crippen molar-refractivity contribution in [3.8, 4) is 5.88 Å². The molecule has 1 fully saturated rings. The third-order valence-corrected chi connectivity index (χ3v) is 7.23. The summed E-state index contributed by atoms with van der Waals surface area (Å²) < 4.78 is 12.9. The maximum absolute atomic E-state index is 12.4. The predicted octanol–water partition coefficient (Wildman–Crippen LogP) is 1.86. The number of benzene rings is 1. The van der Waals surface area contributed by atoms with Crippen LogP contribution in [0, 0.1) is 5.92 Å². The van der Waals surface area contributed by atoms with Crippen LogP contribution in [-0.4, -0.2) is 58.9 Å². The van der Waals surface area contributed by atoms with Gasteiger partial charge in [-0.1, -0.05) is 6.07 Å². The second-order valence-electron chi connectivity index (χ2n) is 9.67. The lowest BCUT2D eigenvalue weighted by Crippen LogP contribution is -2.30. The molecule has 2 aliphatic heterocycles. The lowest BCUT2D eigenvalue weighted by atomic mass is 10.0. The molecule has 0 bridgehead atoms. The Morgan fingerprint density at radius 1 is 1.19 bits per heavy atom. The molecule has 6 rings (SSSR count). The van der Waals surface area contributed by atoms with Crippen LogP contribution in [0.4, 0.5) is 16.4 Å². The number of ether oxygens (including phenoxy) is 2. The lowest BCUT2D eigenvalue weighted by molar-refractivity contribution is -0.118. The van der Waals surface area contributed by atoms with Crippen LogP contribution < -0.4 is 25.7 Å². The number of carbonyl (C=O) groups is 2. The Morgan fingerprint density at radius 2 is 2.08 bits per heavy atom. The molecule has 11 heteroatoms. The zero-order valence-corrected chi connectivity index (χ0v) is 20.5. The predicted molar refractivity (Wildman–Crippen MR) is 136 cm³/mol. The van der Waals surface area contributed by atoms with Crippen molar-refractivity contribution in [2.45, 2.75) is 38.8 Å². The number of hydrogen-bond donors (Lipinski definition) is 2. The molecule has 4 heterocycles. The summed E-state index contributed by atoms with van der Waals surface area (Å²) in [4.78, 5) is 46.3. The highest BCUT2D eigenvalue weighted by Crippen LogP contribution is 2.32. The zero-order chi connectivity index (χ0) is 25.5. The smallest absolute Gasteiger partial charge is 0.415 e. The van der Waals surface area contributed by atoms with Gasteiger partial charge in [0, 0.05) is 24.2 Å². The normalized spacial score (nSPS) is 20.4. The molecule has 3 aliphatic rings. The molecule has 2 atom stereocenters. The molecule has 2 amide bonds. The minimum Gasteiger partial charge on any atom is -0.465 e. The van der Waals surface area contributed by atoms with Gasteiger partial charge in [-0.15, -0.1) is 0 Å². The first-order chi connectivity index (χ1) is 18.0. The Labute approximate surface area is 212 Å². The summed E-state index contributed by atoms with van der Waals surface area (Å²) in [5, 5.41) is 6.92. The van der Waals surface area contributed by atoms with E-state index in [1.807, 2.05) is 12.3 Å². The quantitative estimate of drug-likeness (QED) is 0.467. The van der Waals surface area contributed by atoms with Gasteiger partial charge in [0.25, 0.3) is 11.8 Å². The third-order valence-electron chi connectivity index (χ3n) is 7.23. The summed E-state index contributed by atoms with van der Waals surface area (Å²) in [5.41, 5.74) is 3.75. The van der Waals surface area contributed by atoms with Crippen LogP contribution in [0.2, 0.25) is 0 Å². The van der Waals surface area contributed by atoms with Crippen LogP contribution in [0.25, 0.3) is 10.9 Å². The molecule has 0 radical (unpaired) electrons. The van der Waals surface area contributed by atoms with E-state index in [9.17, 15) is 14.4 Å². The lowest BCUT2D eigenvalue weighted by Gasteiger charge is -2.18. The van der Waals surface area contributed by atoms with Crippen molar-refractivity contribution < 1.29 is 19.1 Å². The first-order valence-corrected chi connectivity index (χ1v) is 12.6. The third kappa shape index (κ3) is 4.39. The van der Waals surface area contributed by atoms with Gasteiger partial charge in [-0.25, -0.2) is 14.8 Å². The van der Waals surface area contributed by atoms with E-state index in [1.54, 1.807) is 6.07 Å². The summed E-state index contributed by atoms with van der Waals surface area (Å²) >= 11 is 0. The summed E-state index contributed by atoms with van der Waals surface area (Å²) in [5.74, 6) is 0.883. The van der Waals surface area contributed by atoms with Crippen LogP contribution in [0.15, 0.2) is 35.4 Å². The van der Waals surface area contributed by atoms with Crippen molar-refractivity contribution in [2.75, 3.05) is 36.5 Å². The number of fused-ring (bicyclic) bond motifs is 4. The molecule has 37 heavy (non-hydrogen) atoms. The number of nitrogens with one attached hydrogen (secondary N) is 2. The van der Waals surface area contributed by atoms with Gasteiger partial charge in [-0.05, 0) is 62.4 Å². The number of cyclic esters (lactones) is 1. The van der Waals surface area contributed by atoms with Gasteiger partial charge in [0.2, 0.25) is 0 Å². The topological polar surface area (TPSA) is 128 Å². The Morgan fingerprint density at radius 3 is 2.95 bits per heavy atom. The van der Waals surface area contributed by atoms with Gasteiger partial charge < -0.3 is 24.7 Å². The first-order valence-electron chi connectivity index (χ1n) is 12.6. The average molecular weight is 505 g/mol. The van der Waals surface area contributed by atoms with Gasteiger partial charge >= 0.3 is 6.09 Å². The van der Waals surface area contributed by atoms with Crippen LogP contribution in [0.3, 0.4) is 0 Å². The van der Waals surface area contributed by atoms with E-state index in [1.165, 1.54) is 22.2 Å². The second-order valence-corrected chi connectivity index (χ2v) is 9.67. The molecule has 1 saturated heterocycles. The number of aryl methyl sites for hydroxylation is 1. The van der Waals surface area contributed by atoms with Gasteiger partial charge in [0.05, 0.1) is 18.3 Å². The fourth-order valence-corrected chi connectivity index (χ4v) is 5.44. The molecule has 2 N–H and O–H groups in total. The minimum absolute atomic E-state index is 0.0729. The molecule has 1 aliphatic carbocycles. The molecule has 192 valence electrons. The number of carbonyl (C=O) groups excluding carboxylic acids is 2. The van der Waals surface area contributed by atoms with E-state index >= 15 is 0 Å². The fourth-order valence-electron chi connectivity index (χ4n) is 5.44. The van der Waals surface area contributed by atoms with E-state index in [2.05, 4.69) is 38.2 Å². The SMILES string of the molecule is CCn1ccc(=O)c2ccc3c(c21)CC(CNCCC1CN(c2cnc4c(n2)NC(=O)CO4)C(=O)O1)C3. The average Bonchev–Trinajstić information content (AvgIpc) is 3.49. The molecule has 11 nitrogen and oxygen atoms in total. The highest BCUT2D eigenvalue weighted by atomic mass is 16.6. The number of hydrogen-bond acceptors (Lipinski definition) is 8. The Hall–Kier alpha value is -3.99. The van der Waals surface area contributed by atoms with Gasteiger partial charge in [0.1, 0.15) is 6.10 Å². The van der Waals surface area contributed by atoms with E-state index in [4.69, 9.17) is 9.47 Å². The van der Waals surface area contributed by atoms with Crippen LogP contribution in [0.1, 0.15) is 24.5 Å². The van der Waals surface area contributed by atoms with Crippen LogP contribution in [-0.2, 0) is 28.9 Å². The Bertz CT molecular complexity index is 1450. The molecule has 3 aromatic rings. The van der Waals surface area contributed by atoms with E-state index < -0.39 is 6.09 Å². The van der Waals surface area contributed by atoms with Crippen molar-refractivity contribution >= 4 is 34.5 Å². The van der Waals surface area contributed by atoms with E-state index in [0.717, 1.165) is 36.8 Å². The van der Waals surface area contributed by atoms with Crippen molar-refractivity contribution in [3.05, 3.63) is 51.9 Å². The summed E-state index contributed by atoms with van der Waals surface area (Å²) in [6.45, 7) is 4.73. The molecule has 0 spiro atoms. The standard InChI is InChI=1S/C26H28N6O5/c1-2-31-8-6-20(33)18-4-3-16-9-15(10-19(16)23(18)31)11-27-7-5-17-13-32(26(35)37-17)21-12-28-25-24(29-21)30-22(34)14-36-25/h3-4,6,8,12,15,17,27H,2,5,7,9-11,13-14H2,1H3,(H,29,30,34). The summed E-state index contributed by atoms with van der Waals surface area (Å²) in [6, 6.07) is 5.72. The van der Waals surface area contributed by atoms with Gasteiger partial charge in [-0.3, -0.25) is 14.5 Å². The molecular weight excluding hydrogens is 476 g/mol. The van der Waals surface area contributed by atoms with Crippen LogP contribution >= 0.6 is 0 Å². The number of anilines is 2. The monoisotopic (exact) mass is 504 g/mol. The molecule has 1 aromatic carbocycles. The van der Waals surface area contributed by atoms with E-state index in [-0.39, 0.29) is 35.7 Å². The fraction of sp³-hybridized carbons (Fsp3) is 0.423. The number of aromatic nitrogens is 3.